The molecule has 5 nitrogen and oxygen atoms in total. The summed E-state index contributed by atoms with van der Waals surface area (Å²) in [5.74, 6) is -1.19. The molecule has 1 aromatic carbocycles. The van der Waals surface area contributed by atoms with E-state index in [9.17, 15) is 19.8 Å². The van der Waals surface area contributed by atoms with Gasteiger partial charge in [-0.3, -0.25) is 4.79 Å². The van der Waals surface area contributed by atoms with Crippen molar-refractivity contribution in [3.05, 3.63) is 29.8 Å². The van der Waals surface area contributed by atoms with E-state index in [4.69, 9.17) is 0 Å². The van der Waals surface area contributed by atoms with Gasteiger partial charge < -0.3 is 15.5 Å². The number of phenols is 1. The number of aromatic hydroxyl groups is 1. The summed E-state index contributed by atoms with van der Waals surface area (Å²) < 4.78 is 0. The standard InChI is InChI=1S/C15H21NO4/c1-3-15(4-2,14(19)20)16-13(18)10-9-11-7-5-6-8-12(11)17/h5-8,17H,3-4,9-10H2,1-2H3,(H,16,18)(H,19,20). The number of nitrogens with one attached hydrogen (secondary N) is 1. The van der Waals surface area contributed by atoms with Crippen molar-refractivity contribution in [1.82, 2.24) is 5.32 Å². The number of phenolic OH excluding ortho intramolecular Hbond substituents is 1. The van der Waals surface area contributed by atoms with Gasteiger partial charge in [0, 0.05) is 6.42 Å². The average molecular weight is 279 g/mol. The number of carbonyl (C=O) groups excluding carboxylic acids is 1. The molecule has 0 aliphatic rings. The summed E-state index contributed by atoms with van der Waals surface area (Å²) in [5, 5.41) is 21.5. The van der Waals surface area contributed by atoms with Crippen LogP contribution in [0.5, 0.6) is 5.75 Å². The predicted molar refractivity (Wildman–Crippen MR) is 75.5 cm³/mol. The van der Waals surface area contributed by atoms with Crippen LogP contribution in [-0.2, 0) is 16.0 Å². The number of rotatable bonds is 7. The van der Waals surface area contributed by atoms with Gasteiger partial charge in [-0.2, -0.15) is 0 Å². The van der Waals surface area contributed by atoms with Gasteiger partial charge in [0.05, 0.1) is 0 Å². The zero-order valence-electron chi connectivity index (χ0n) is 11.8. The summed E-state index contributed by atoms with van der Waals surface area (Å²) in [6.45, 7) is 3.47. The van der Waals surface area contributed by atoms with E-state index < -0.39 is 11.5 Å². The molecule has 110 valence electrons. The lowest BCUT2D eigenvalue weighted by molar-refractivity contribution is -0.148. The van der Waals surface area contributed by atoms with Gasteiger partial charge in [0.25, 0.3) is 0 Å². The van der Waals surface area contributed by atoms with E-state index in [1.807, 2.05) is 0 Å². The molecule has 0 saturated carbocycles. The zero-order chi connectivity index (χ0) is 15.2. The molecule has 0 aliphatic carbocycles. The van der Waals surface area contributed by atoms with Crippen LogP contribution in [-0.4, -0.2) is 27.6 Å². The van der Waals surface area contributed by atoms with Gasteiger partial charge in [0.1, 0.15) is 11.3 Å². The summed E-state index contributed by atoms with van der Waals surface area (Å²) in [7, 11) is 0. The Labute approximate surface area is 118 Å². The Morgan fingerprint density at radius 2 is 1.80 bits per heavy atom. The Bertz CT molecular complexity index is 481. The molecule has 0 aliphatic heterocycles. The molecule has 0 aromatic heterocycles. The molecule has 0 saturated heterocycles. The van der Waals surface area contributed by atoms with E-state index in [0.29, 0.717) is 24.8 Å². The van der Waals surface area contributed by atoms with Crippen LogP contribution in [0.2, 0.25) is 0 Å². The normalized spacial score (nSPS) is 11.1. The number of hydrogen-bond acceptors (Lipinski definition) is 3. The number of carboxylic acids is 1. The third-order valence-corrected chi connectivity index (χ3v) is 3.61. The minimum Gasteiger partial charge on any atom is -0.508 e. The van der Waals surface area contributed by atoms with Crippen LogP contribution in [0, 0.1) is 0 Å². The minimum atomic E-state index is -1.20. The number of amides is 1. The SMILES string of the molecule is CCC(CC)(NC(=O)CCc1ccccc1O)C(=O)O. The second-order valence-corrected chi connectivity index (χ2v) is 4.77. The van der Waals surface area contributed by atoms with Crippen LogP contribution in [0.1, 0.15) is 38.7 Å². The summed E-state index contributed by atoms with van der Waals surface area (Å²) in [4.78, 5) is 23.2. The smallest absolute Gasteiger partial charge is 0.329 e. The number of hydrogen-bond donors (Lipinski definition) is 3. The summed E-state index contributed by atoms with van der Waals surface area (Å²) in [6, 6.07) is 6.80. The first-order valence-corrected chi connectivity index (χ1v) is 6.76. The molecule has 0 atom stereocenters. The van der Waals surface area contributed by atoms with E-state index >= 15 is 0 Å². The van der Waals surface area contributed by atoms with Crippen LogP contribution in [0.15, 0.2) is 24.3 Å². The number of para-hydroxylation sites is 1. The lowest BCUT2D eigenvalue weighted by Gasteiger charge is -2.28. The van der Waals surface area contributed by atoms with Crippen molar-refractivity contribution in [2.45, 2.75) is 45.1 Å². The molecule has 1 aromatic rings. The Kier molecular flexibility index (Phi) is 5.55. The van der Waals surface area contributed by atoms with Gasteiger partial charge in [-0.1, -0.05) is 32.0 Å². The molecule has 0 spiro atoms. The molecule has 3 N–H and O–H groups in total. The highest BCUT2D eigenvalue weighted by molar-refractivity contribution is 5.87. The zero-order valence-corrected chi connectivity index (χ0v) is 11.8. The van der Waals surface area contributed by atoms with Gasteiger partial charge in [-0.15, -0.1) is 0 Å². The molecule has 0 heterocycles. The average Bonchev–Trinajstić information content (AvgIpc) is 2.43. The van der Waals surface area contributed by atoms with Crippen molar-refractivity contribution in [3.63, 3.8) is 0 Å². The largest absolute Gasteiger partial charge is 0.508 e. The quantitative estimate of drug-likeness (QED) is 0.713. The lowest BCUT2D eigenvalue weighted by atomic mass is 9.92. The number of benzene rings is 1. The predicted octanol–water partition coefficient (Wildman–Crippen LogP) is 2.08. The number of aliphatic carboxylic acids is 1. The van der Waals surface area contributed by atoms with Crippen molar-refractivity contribution >= 4 is 11.9 Å². The first-order valence-electron chi connectivity index (χ1n) is 6.76. The van der Waals surface area contributed by atoms with Crippen LogP contribution in [0.3, 0.4) is 0 Å². The maximum atomic E-state index is 11.9. The molecular formula is C15H21NO4. The van der Waals surface area contributed by atoms with Gasteiger partial charge in [-0.05, 0) is 30.9 Å². The summed E-state index contributed by atoms with van der Waals surface area (Å²) in [5.41, 5.74) is -0.521. The van der Waals surface area contributed by atoms with E-state index in [-0.39, 0.29) is 18.1 Å². The Morgan fingerprint density at radius 1 is 1.20 bits per heavy atom. The maximum absolute atomic E-state index is 11.9. The molecule has 0 unspecified atom stereocenters. The lowest BCUT2D eigenvalue weighted by Crippen LogP contribution is -2.53. The first kappa shape index (κ1) is 16.0. The van der Waals surface area contributed by atoms with Gasteiger partial charge in [-0.25, -0.2) is 4.79 Å². The number of aryl methyl sites for hydroxylation is 1. The van der Waals surface area contributed by atoms with Crippen molar-refractivity contribution in [3.8, 4) is 5.75 Å². The second-order valence-electron chi connectivity index (χ2n) is 4.77. The Morgan fingerprint density at radius 3 is 2.30 bits per heavy atom. The molecule has 5 heteroatoms. The van der Waals surface area contributed by atoms with E-state index in [2.05, 4.69) is 5.32 Å². The van der Waals surface area contributed by atoms with Crippen molar-refractivity contribution in [2.24, 2.45) is 0 Å². The molecule has 1 rings (SSSR count). The third kappa shape index (κ3) is 3.73. The van der Waals surface area contributed by atoms with E-state index in [1.54, 1.807) is 38.1 Å². The van der Waals surface area contributed by atoms with Gasteiger partial charge in [0.15, 0.2) is 0 Å². The number of carboxylic acid groups (broad SMARTS) is 1. The second kappa shape index (κ2) is 6.93. The van der Waals surface area contributed by atoms with E-state index in [0.717, 1.165) is 0 Å². The van der Waals surface area contributed by atoms with Crippen LogP contribution in [0.25, 0.3) is 0 Å². The van der Waals surface area contributed by atoms with Crippen molar-refractivity contribution < 1.29 is 19.8 Å². The maximum Gasteiger partial charge on any atom is 0.329 e. The summed E-state index contributed by atoms with van der Waals surface area (Å²) in [6.07, 6.45) is 1.19. The minimum absolute atomic E-state index is 0.145. The van der Waals surface area contributed by atoms with Gasteiger partial charge in [0.2, 0.25) is 5.91 Å². The molecule has 0 fully saturated rings. The topological polar surface area (TPSA) is 86.6 Å². The van der Waals surface area contributed by atoms with Crippen molar-refractivity contribution in [1.29, 1.82) is 0 Å². The molecule has 0 radical (unpaired) electrons. The fourth-order valence-electron chi connectivity index (χ4n) is 2.08. The first-order chi connectivity index (χ1) is 9.45. The molecule has 20 heavy (non-hydrogen) atoms. The van der Waals surface area contributed by atoms with Crippen LogP contribution in [0.4, 0.5) is 0 Å². The Balaban J connectivity index is 2.64. The fourth-order valence-corrected chi connectivity index (χ4v) is 2.08. The highest BCUT2D eigenvalue weighted by Gasteiger charge is 2.36. The van der Waals surface area contributed by atoms with Crippen molar-refractivity contribution in [2.75, 3.05) is 0 Å². The Hall–Kier alpha value is -2.04. The molecule has 1 amide bonds. The molecule has 0 bridgehead atoms. The third-order valence-electron chi connectivity index (χ3n) is 3.61. The fraction of sp³-hybridized carbons (Fsp3) is 0.467. The number of carbonyl (C=O) groups is 2. The van der Waals surface area contributed by atoms with Crippen LogP contribution >= 0.6 is 0 Å². The highest BCUT2D eigenvalue weighted by Crippen LogP contribution is 2.19. The monoisotopic (exact) mass is 279 g/mol. The summed E-state index contributed by atoms with van der Waals surface area (Å²) >= 11 is 0. The van der Waals surface area contributed by atoms with E-state index in [1.165, 1.54) is 0 Å². The van der Waals surface area contributed by atoms with Crippen LogP contribution < -0.4 is 5.32 Å². The molecular weight excluding hydrogens is 258 g/mol. The van der Waals surface area contributed by atoms with Gasteiger partial charge >= 0.3 is 5.97 Å². The highest BCUT2D eigenvalue weighted by atomic mass is 16.4.